The van der Waals surface area contributed by atoms with Crippen molar-refractivity contribution in [3.05, 3.63) is 10.6 Å². The van der Waals surface area contributed by atoms with Crippen molar-refractivity contribution in [3.63, 3.8) is 0 Å². The molecule has 1 saturated carbocycles. The van der Waals surface area contributed by atoms with Crippen LogP contribution in [0.15, 0.2) is 0 Å². The molecule has 1 aromatic heterocycles. The third-order valence-corrected chi connectivity index (χ3v) is 2.98. The van der Waals surface area contributed by atoms with Gasteiger partial charge in [-0.2, -0.15) is 0 Å². The number of ether oxygens (including phenoxy) is 1. The number of aryl methyl sites for hydroxylation is 1. The molecule has 5 heteroatoms. The van der Waals surface area contributed by atoms with E-state index >= 15 is 0 Å². The van der Waals surface area contributed by atoms with E-state index < -0.39 is 0 Å². The Morgan fingerprint density at radius 3 is 2.93 bits per heavy atom. The molecule has 1 aromatic rings. The van der Waals surface area contributed by atoms with Crippen molar-refractivity contribution in [3.8, 4) is 0 Å². The molecular weight excluding hydrogens is 200 g/mol. The molecule has 1 heterocycles. The summed E-state index contributed by atoms with van der Waals surface area (Å²) in [6.45, 7) is 1.88. The maximum Gasteiger partial charge on any atom is 0.357 e. The number of esters is 1. The molecule has 4 nitrogen and oxygen atoms in total. The normalized spacial score (nSPS) is 15.3. The minimum atomic E-state index is -0.359. The van der Waals surface area contributed by atoms with E-state index in [2.05, 4.69) is 15.0 Å². The Bertz CT molecular complexity index is 358. The van der Waals surface area contributed by atoms with Gasteiger partial charge in [0.2, 0.25) is 0 Å². The van der Waals surface area contributed by atoms with Gasteiger partial charge in [-0.05, 0) is 19.8 Å². The average molecular weight is 212 g/mol. The zero-order chi connectivity index (χ0) is 10.1. The summed E-state index contributed by atoms with van der Waals surface area (Å²) in [5.74, 6) is -0.359. The predicted molar refractivity (Wildman–Crippen MR) is 54.8 cm³/mol. The summed E-state index contributed by atoms with van der Waals surface area (Å²) in [6, 6.07) is 0.561. The highest BCUT2D eigenvalue weighted by Gasteiger charge is 2.23. The molecule has 0 spiro atoms. The average Bonchev–Trinajstić information content (AvgIpc) is 2.89. The third-order valence-electron chi connectivity index (χ3n) is 2.08. The van der Waals surface area contributed by atoms with Crippen molar-refractivity contribution < 1.29 is 9.53 Å². The lowest BCUT2D eigenvalue weighted by atomic mass is 10.4. The Morgan fingerprint density at radius 2 is 2.36 bits per heavy atom. The van der Waals surface area contributed by atoms with Crippen molar-refractivity contribution in [2.24, 2.45) is 0 Å². The van der Waals surface area contributed by atoms with Crippen LogP contribution in [0.2, 0.25) is 0 Å². The Morgan fingerprint density at radius 1 is 1.64 bits per heavy atom. The molecule has 1 aliphatic rings. The van der Waals surface area contributed by atoms with Gasteiger partial charge in [0, 0.05) is 10.9 Å². The number of hydrogen-bond acceptors (Lipinski definition) is 5. The molecule has 0 aliphatic heterocycles. The van der Waals surface area contributed by atoms with E-state index in [1.807, 2.05) is 6.92 Å². The van der Waals surface area contributed by atoms with Crippen LogP contribution in [0.1, 0.15) is 28.2 Å². The number of anilines is 1. The first-order chi connectivity index (χ1) is 6.70. The number of carbonyl (C=O) groups excluding carboxylic acids is 1. The van der Waals surface area contributed by atoms with E-state index in [0.717, 1.165) is 10.0 Å². The number of hydrogen-bond donors (Lipinski definition) is 1. The zero-order valence-corrected chi connectivity index (χ0v) is 8.98. The number of carbonyl (C=O) groups is 1. The molecule has 0 aromatic carbocycles. The van der Waals surface area contributed by atoms with Crippen LogP contribution in [0, 0.1) is 6.92 Å². The summed E-state index contributed by atoms with van der Waals surface area (Å²) < 4.78 is 4.63. The number of thiazole rings is 1. The van der Waals surface area contributed by atoms with Gasteiger partial charge in [0.05, 0.1) is 7.11 Å². The van der Waals surface area contributed by atoms with Crippen LogP contribution in [0.25, 0.3) is 0 Å². The maximum atomic E-state index is 11.2. The zero-order valence-electron chi connectivity index (χ0n) is 8.16. The van der Waals surface area contributed by atoms with Crippen molar-refractivity contribution in [2.75, 3.05) is 12.4 Å². The lowest BCUT2D eigenvalue weighted by Gasteiger charge is -1.96. The second-order valence-corrected chi connectivity index (χ2v) is 4.54. The molecular formula is C9H12N2O2S. The molecule has 1 fully saturated rings. The summed E-state index contributed by atoms with van der Waals surface area (Å²) in [6.07, 6.45) is 2.40. The first-order valence-electron chi connectivity index (χ1n) is 4.53. The first-order valence-corrected chi connectivity index (χ1v) is 5.34. The fourth-order valence-electron chi connectivity index (χ4n) is 1.15. The SMILES string of the molecule is COC(=O)c1nc(NC2CC2)sc1C. The minimum Gasteiger partial charge on any atom is -0.464 e. The molecule has 1 aliphatic carbocycles. The van der Waals surface area contributed by atoms with Crippen LogP contribution >= 0.6 is 11.3 Å². The highest BCUT2D eigenvalue weighted by molar-refractivity contribution is 7.15. The number of methoxy groups -OCH3 is 1. The van der Waals surface area contributed by atoms with E-state index in [9.17, 15) is 4.79 Å². The highest BCUT2D eigenvalue weighted by Crippen LogP contribution is 2.29. The second kappa shape index (κ2) is 3.57. The van der Waals surface area contributed by atoms with Gasteiger partial charge in [-0.3, -0.25) is 0 Å². The topological polar surface area (TPSA) is 51.2 Å². The minimum absolute atomic E-state index is 0.359. The van der Waals surface area contributed by atoms with E-state index in [0.29, 0.717) is 11.7 Å². The smallest absolute Gasteiger partial charge is 0.357 e. The molecule has 0 unspecified atom stereocenters. The van der Waals surface area contributed by atoms with Gasteiger partial charge in [-0.15, -0.1) is 11.3 Å². The quantitative estimate of drug-likeness (QED) is 0.776. The van der Waals surface area contributed by atoms with E-state index in [-0.39, 0.29) is 5.97 Å². The van der Waals surface area contributed by atoms with Gasteiger partial charge in [-0.25, -0.2) is 9.78 Å². The Kier molecular flexibility index (Phi) is 2.41. The van der Waals surface area contributed by atoms with Crippen molar-refractivity contribution in [1.82, 2.24) is 4.98 Å². The monoisotopic (exact) mass is 212 g/mol. The van der Waals surface area contributed by atoms with E-state index in [4.69, 9.17) is 0 Å². The molecule has 1 N–H and O–H groups in total. The van der Waals surface area contributed by atoms with Gasteiger partial charge in [-0.1, -0.05) is 0 Å². The molecule has 0 atom stereocenters. The molecule has 0 bridgehead atoms. The number of rotatable bonds is 3. The predicted octanol–water partition coefficient (Wildman–Crippen LogP) is 1.81. The maximum absolute atomic E-state index is 11.2. The second-order valence-electron chi connectivity index (χ2n) is 3.33. The van der Waals surface area contributed by atoms with Gasteiger partial charge in [0.15, 0.2) is 10.8 Å². The number of nitrogens with one attached hydrogen (secondary N) is 1. The Labute approximate surface area is 86.3 Å². The molecule has 2 rings (SSSR count). The summed E-state index contributed by atoms with van der Waals surface area (Å²) in [5, 5.41) is 4.08. The van der Waals surface area contributed by atoms with E-state index in [1.54, 1.807) is 0 Å². The fraction of sp³-hybridized carbons (Fsp3) is 0.556. The van der Waals surface area contributed by atoms with Crippen LogP contribution in [-0.4, -0.2) is 24.1 Å². The van der Waals surface area contributed by atoms with Crippen molar-refractivity contribution >= 4 is 22.4 Å². The fourth-order valence-corrected chi connectivity index (χ4v) is 2.02. The van der Waals surface area contributed by atoms with Gasteiger partial charge >= 0.3 is 5.97 Å². The van der Waals surface area contributed by atoms with Crippen LogP contribution in [0.3, 0.4) is 0 Å². The molecule has 76 valence electrons. The number of nitrogens with zero attached hydrogens (tertiary/aromatic N) is 1. The lowest BCUT2D eigenvalue weighted by molar-refractivity contribution is 0.0594. The van der Waals surface area contributed by atoms with Crippen LogP contribution in [-0.2, 0) is 4.74 Å². The highest BCUT2D eigenvalue weighted by atomic mass is 32.1. The Hall–Kier alpha value is -1.10. The van der Waals surface area contributed by atoms with Crippen LogP contribution in [0.4, 0.5) is 5.13 Å². The number of aromatic nitrogens is 1. The van der Waals surface area contributed by atoms with E-state index in [1.165, 1.54) is 31.3 Å². The largest absolute Gasteiger partial charge is 0.464 e. The molecule has 14 heavy (non-hydrogen) atoms. The first kappa shape index (κ1) is 9.45. The van der Waals surface area contributed by atoms with Crippen LogP contribution in [0.5, 0.6) is 0 Å². The molecule has 0 amide bonds. The standard InChI is InChI=1S/C9H12N2O2S/c1-5-7(8(12)13-2)11-9(14-5)10-6-3-4-6/h6H,3-4H2,1-2H3,(H,10,11). The van der Waals surface area contributed by atoms with Gasteiger partial charge < -0.3 is 10.1 Å². The van der Waals surface area contributed by atoms with Crippen molar-refractivity contribution in [2.45, 2.75) is 25.8 Å². The summed E-state index contributed by atoms with van der Waals surface area (Å²) >= 11 is 1.50. The summed E-state index contributed by atoms with van der Waals surface area (Å²) in [5.41, 5.74) is 0.431. The summed E-state index contributed by atoms with van der Waals surface area (Å²) in [7, 11) is 1.37. The summed E-state index contributed by atoms with van der Waals surface area (Å²) in [4.78, 5) is 16.3. The lowest BCUT2D eigenvalue weighted by Crippen LogP contribution is -2.05. The Balaban J connectivity index is 2.15. The molecule has 0 saturated heterocycles. The van der Waals surface area contributed by atoms with Gasteiger partial charge in [0.25, 0.3) is 0 Å². The van der Waals surface area contributed by atoms with Crippen molar-refractivity contribution in [1.29, 1.82) is 0 Å². The third kappa shape index (κ3) is 1.87. The molecule has 0 radical (unpaired) electrons. The van der Waals surface area contributed by atoms with Gasteiger partial charge in [0.1, 0.15) is 0 Å². The van der Waals surface area contributed by atoms with Crippen LogP contribution < -0.4 is 5.32 Å².